The molecule has 0 amide bonds. The summed E-state index contributed by atoms with van der Waals surface area (Å²) in [5.74, 6) is 0.0895. The van der Waals surface area contributed by atoms with Crippen LogP contribution >= 0.6 is 0 Å². The number of rotatable bonds is 4. The van der Waals surface area contributed by atoms with Crippen molar-refractivity contribution < 1.29 is 4.79 Å². The average molecular weight is 336 g/mol. The molecule has 0 unspecified atom stereocenters. The molecule has 17 heavy (non-hydrogen) atoms. The van der Waals surface area contributed by atoms with E-state index in [-0.39, 0.29) is 26.7 Å². The molecule has 0 N–H and O–H groups in total. The van der Waals surface area contributed by atoms with Crippen LogP contribution in [0.25, 0.3) is 0 Å². The summed E-state index contributed by atoms with van der Waals surface area (Å²) in [5.41, 5.74) is 0.754. The molecule has 0 heterocycles. The number of carbonyl (C=O) groups is 1. The Morgan fingerprint density at radius 3 is 2.12 bits per heavy atom. The van der Waals surface area contributed by atoms with Gasteiger partial charge in [0.05, 0.1) is 0 Å². The van der Waals surface area contributed by atoms with Crippen LogP contribution in [0.5, 0.6) is 0 Å². The summed E-state index contributed by atoms with van der Waals surface area (Å²) in [6.07, 6.45) is 1.70. The summed E-state index contributed by atoms with van der Waals surface area (Å²) < 4.78 is 3.38. The zero-order chi connectivity index (χ0) is 11.9. The van der Waals surface area contributed by atoms with E-state index in [4.69, 9.17) is 0 Å². The first kappa shape index (κ1) is 12.1. The van der Waals surface area contributed by atoms with Gasteiger partial charge in [0.1, 0.15) is 0 Å². The van der Waals surface area contributed by atoms with Gasteiger partial charge in [0.15, 0.2) is 0 Å². The molecule has 0 saturated heterocycles. The van der Waals surface area contributed by atoms with Gasteiger partial charge in [-0.3, -0.25) is 0 Å². The fourth-order valence-corrected chi connectivity index (χ4v) is 3.26. The van der Waals surface area contributed by atoms with Crippen molar-refractivity contribution >= 4 is 30.3 Å². The van der Waals surface area contributed by atoms with Crippen LogP contribution in [0.4, 0.5) is 0 Å². The van der Waals surface area contributed by atoms with Crippen molar-refractivity contribution in [3.8, 4) is 0 Å². The maximum absolute atomic E-state index is 11.8. The Bertz CT molecular complexity index is 503. The Labute approximate surface area is 111 Å². The molecule has 0 aliphatic carbocycles. The zero-order valence-electron chi connectivity index (χ0n) is 9.24. The first-order valence-electron chi connectivity index (χ1n) is 5.34. The van der Waals surface area contributed by atoms with E-state index in [1.165, 1.54) is 3.61 Å². The predicted octanol–water partition coefficient (Wildman–Crippen LogP) is 2.41. The third-order valence-corrected chi connectivity index (χ3v) is 4.56. The van der Waals surface area contributed by atoms with Gasteiger partial charge in [0.25, 0.3) is 0 Å². The number of ketones is 1. The summed E-state index contributed by atoms with van der Waals surface area (Å²) in [7, 11) is 0. The molecule has 2 rings (SSSR count). The van der Waals surface area contributed by atoms with Gasteiger partial charge in [-0.25, -0.2) is 0 Å². The zero-order valence-corrected chi connectivity index (χ0v) is 11.6. The van der Waals surface area contributed by atoms with Crippen molar-refractivity contribution in [3.63, 3.8) is 0 Å². The fraction of sp³-hybridized carbons (Fsp3) is 0. The SMILES string of the molecule is O=C(/C=C/[Te]c1ccccc1)c1ccccc1. The third-order valence-electron chi connectivity index (χ3n) is 2.23. The molecule has 0 aromatic heterocycles. The molecule has 0 aliphatic heterocycles. The van der Waals surface area contributed by atoms with Crippen LogP contribution in [-0.2, 0) is 0 Å². The minimum atomic E-state index is -0.380. The van der Waals surface area contributed by atoms with Crippen LogP contribution in [0.3, 0.4) is 0 Å². The first-order chi connectivity index (χ1) is 8.36. The number of carbonyl (C=O) groups excluding carboxylic acids is 1. The van der Waals surface area contributed by atoms with E-state index in [1.807, 2.05) is 52.7 Å². The van der Waals surface area contributed by atoms with Gasteiger partial charge in [-0.2, -0.15) is 0 Å². The average Bonchev–Trinajstić information content (AvgIpc) is 2.41. The molecule has 0 atom stereocenters. The van der Waals surface area contributed by atoms with Crippen LogP contribution in [0.1, 0.15) is 10.4 Å². The van der Waals surface area contributed by atoms with Gasteiger partial charge < -0.3 is 0 Å². The van der Waals surface area contributed by atoms with Crippen molar-refractivity contribution in [2.75, 3.05) is 0 Å². The van der Waals surface area contributed by atoms with E-state index in [2.05, 4.69) is 12.1 Å². The van der Waals surface area contributed by atoms with E-state index in [0.717, 1.165) is 5.56 Å². The molecule has 2 aromatic carbocycles. The van der Waals surface area contributed by atoms with Crippen molar-refractivity contribution in [2.45, 2.75) is 0 Å². The Morgan fingerprint density at radius 1 is 0.882 bits per heavy atom. The molecular formula is C15H12OTe. The standard InChI is InChI=1S/C15H12OTe/c16-15(13-7-3-1-4-8-13)11-12-17-14-9-5-2-6-10-14/h1-12H/b12-11+. The van der Waals surface area contributed by atoms with Crippen molar-refractivity contribution in [1.82, 2.24) is 0 Å². The molecule has 2 aromatic rings. The number of hydrogen-bond acceptors (Lipinski definition) is 1. The van der Waals surface area contributed by atoms with E-state index in [1.54, 1.807) is 6.08 Å². The van der Waals surface area contributed by atoms with Crippen LogP contribution in [0.15, 0.2) is 70.9 Å². The van der Waals surface area contributed by atoms with E-state index in [0.29, 0.717) is 0 Å². The topological polar surface area (TPSA) is 17.1 Å². The summed E-state index contributed by atoms with van der Waals surface area (Å²) in [6, 6.07) is 19.7. The van der Waals surface area contributed by atoms with Gasteiger partial charge in [-0.15, -0.1) is 0 Å². The van der Waals surface area contributed by atoms with Crippen molar-refractivity contribution in [2.24, 2.45) is 0 Å². The summed E-state index contributed by atoms with van der Waals surface area (Å²) >= 11 is -0.380. The van der Waals surface area contributed by atoms with Gasteiger partial charge in [0, 0.05) is 0 Å². The van der Waals surface area contributed by atoms with E-state index in [9.17, 15) is 4.79 Å². The molecule has 0 saturated carbocycles. The Hall–Kier alpha value is -1.36. The molecule has 0 spiro atoms. The first-order valence-corrected chi connectivity index (χ1v) is 7.85. The molecule has 0 bridgehead atoms. The van der Waals surface area contributed by atoms with Crippen molar-refractivity contribution in [3.05, 3.63) is 76.4 Å². The Kier molecular flexibility index (Phi) is 4.55. The number of allylic oxidation sites excluding steroid dienone is 1. The monoisotopic (exact) mass is 338 g/mol. The van der Waals surface area contributed by atoms with Crippen LogP contribution in [0, 0.1) is 0 Å². The normalized spacial score (nSPS) is 10.6. The maximum atomic E-state index is 11.8. The van der Waals surface area contributed by atoms with Gasteiger partial charge in [0.2, 0.25) is 0 Å². The quantitative estimate of drug-likeness (QED) is 0.476. The van der Waals surface area contributed by atoms with E-state index < -0.39 is 0 Å². The van der Waals surface area contributed by atoms with Gasteiger partial charge >= 0.3 is 112 Å². The van der Waals surface area contributed by atoms with Crippen LogP contribution < -0.4 is 3.61 Å². The molecule has 2 heteroatoms. The fourth-order valence-electron chi connectivity index (χ4n) is 1.37. The molecule has 0 radical (unpaired) electrons. The molecule has 84 valence electrons. The second kappa shape index (κ2) is 6.39. The van der Waals surface area contributed by atoms with Crippen molar-refractivity contribution in [1.29, 1.82) is 0 Å². The Balaban J connectivity index is 1.96. The van der Waals surface area contributed by atoms with Crippen LogP contribution in [0.2, 0.25) is 0 Å². The second-order valence-electron chi connectivity index (χ2n) is 3.46. The second-order valence-corrected chi connectivity index (χ2v) is 6.26. The Morgan fingerprint density at radius 2 is 1.47 bits per heavy atom. The number of benzene rings is 2. The third kappa shape index (κ3) is 3.85. The van der Waals surface area contributed by atoms with E-state index >= 15 is 0 Å². The predicted molar refractivity (Wildman–Crippen MR) is 71.7 cm³/mol. The summed E-state index contributed by atoms with van der Waals surface area (Å²) in [4.78, 5) is 11.8. The summed E-state index contributed by atoms with van der Waals surface area (Å²) in [5, 5.41) is 0. The molecule has 0 fully saturated rings. The van der Waals surface area contributed by atoms with Gasteiger partial charge in [-0.1, -0.05) is 0 Å². The number of hydrogen-bond donors (Lipinski definition) is 0. The summed E-state index contributed by atoms with van der Waals surface area (Å²) in [6.45, 7) is 0. The minimum absolute atomic E-state index is 0.0895. The molecule has 1 nitrogen and oxygen atoms in total. The van der Waals surface area contributed by atoms with Gasteiger partial charge in [-0.05, 0) is 0 Å². The van der Waals surface area contributed by atoms with Crippen LogP contribution in [-0.4, -0.2) is 26.7 Å². The molecular weight excluding hydrogens is 324 g/mol. The molecule has 0 aliphatic rings.